The van der Waals surface area contributed by atoms with Gasteiger partial charge in [-0.1, -0.05) is 35.0 Å². The number of alkyl halides is 3. The smallest absolute Gasteiger partial charge is 0.417 e. The third-order valence-electron chi connectivity index (χ3n) is 3.19. The lowest BCUT2D eigenvalue weighted by Gasteiger charge is -2.11. The lowest BCUT2D eigenvalue weighted by atomic mass is 10.2. The molecule has 0 saturated heterocycles. The first-order valence-corrected chi connectivity index (χ1v) is 8.89. The highest BCUT2D eigenvalue weighted by Gasteiger charge is 2.31. The molecule has 140 valence electrons. The predicted molar refractivity (Wildman–Crippen MR) is 94.8 cm³/mol. The maximum Gasteiger partial charge on any atom is 0.417 e. The maximum atomic E-state index is 12.6. The van der Waals surface area contributed by atoms with Crippen LogP contribution in [0.25, 0.3) is 0 Å². The van der Waals surface area contributed by atoms with Gasteiger partial charge in [0.05, 0.1) is 23.4 Å². The molecule has 1 aromatic carbocycles. The second kappa shape index (κ2) is 8.83. The summed E-state index contributed by atoms with van der Waals surface area (Å²) in [4.78, 5) is 15.6. The number of amides is 1. The first-order valence-electron chi connectivity index (χ1n) is 7.15. The maximum absolute atomic E-state index is 12.6. The van der Waals surface area contributed by atoms with E-state index in [0.29, 0.717) is 22.5 Å². The van der Waals surface area contributed by atoms with Gasteiger partial charge in [-0.2, -0.15) is 13.2 Å². The molecule has 0 saturated carbocycles. The zero-order chi connectivity index (χ0) is 19.3. The van der Waals surface area contributed by atoms with Gasteiger partial charge in [-0.05, 0) is 24.3 Å². The standard InChI is InChI=1S/C16H13Cl2F3N2O2S/c1-25-13-3-2-11(17)4-9(13)6-22-14(24)8-26-15-12(18)5-10(7-23-15)16(19,20)21/h2-5,7H,6,8H2,1H3,(H,22,24). The Bertz CT molecular complexity index is 804. The van der Waals surface area contributed by atoms with Gasteiger partial charge in [0.1, 0.15) is 10.8 Å². The van der Waals surface area contributed by atoms with E-state index in [0.717, 1.165) is 17.8 Å². The minimum atomic E-state index is -4.52. The number of benzene rings is 1. The Balaban J connectivity index is 1.92. The lowest BCUT2D eigenvalue weighted by molar-refractivity contribution is -0.137. The van der Waals surface area contributed by atoms with E-state index >= 15 is 0 Å². The Kier molecular flexibility index (Phi) is 7.02. The molecule has 26 heavy (non-hydrogen) atoms. The SMILES string of the molecule is COc1ccc(Cl)cc1CNC(=O)CSc1ncc(C(F)(F)F)cc1Cl. The number of ether oxygens (including phenoxy) is 1. The quantitative estimate of drug-likeness (QED) is 0.675. The zero-order valence-electron chi connectivity index (χ0n) is 13.4. The highest BCUT2D eigenvalue weighted by atomic mass is 35.5. The van der Waals surface area contributed by atoms with Crippen LogP contribution >= 0.6 is 35.0 Å². The molecule has 4 nitrogen and oxygen atoms in total. The molecular formula is C16H13Cl2F3N2O2S. The summed E-state index contributed by atoms with van der Waals surface area (Å²) in [5, 5.41) is 3.17. The van der Waals surface area contributed by atoms with Crippen molar-refractivity contribution < 1.29 is 22.7 Å². The van der Waals surface area contributed by atoms with Crippen LogP contribution in [0.3, 0.4) is 0 Å². The van der Waals surface area contributed by atoms with E-state index in [1.165, 1.54) is 7.11 Å². The molecule has 0 aliphatic heterocycles. The third kappa shape index (κ3) is 5.69. The molecule has 10 heteroatoms. The van der Waals surface area contributed by atoms with E-state index in [1.54, 1.807) is 18.2 Å². The predicted octanol–water partition coefficient (Wildman–Crippen LogP) is 4.82. The molecule has 1 amide bonds. The van der Waals surface area contributed by atoms with E-state index in [2.05, 4.69) is 10.3 Å². The van der Waals surface area contributed by atoms with Crippen LogP contribution in [-0.4, -0.2) is 23.8 Å². The lowest BCUT2D eigenvalue weighted by Crippen LogP contribution is -2.24. The number of aromatic nitrogens is 1. The van der Waals surface area contributed by atoms with E-state index in [1.807, 2.05) is 0 Å². The van der Waals surface area contributed by atoms with Crippen LogP contribution in [-0.2, 0) is 17.5 Å². The highest BCUT2D eigenvalue weighted by Crippen LogP contribution is 2.33. The number of methoxy groups -OCH3 is 1. The van der Waals surface area contributed by atoms with Gasteiger partial charge in [0.2, 0.25) is 5.91 Å². The van der Waals surface area contributed by atoms with Crippen LogP contribution in [0.2, 0.25) is 10.0 Å². The van der Waals surface area contributed by atoms with Crippen molar-refractivity contribution in [2.45, 2.75) is 17.7 Å². The van der Waals surface area contributed by atoms with Gasteiger partial charge in [0.15, 0.2) is 0 Å². The Hall–Kier alpha value is -1.64. The van der Waals surface area contributed by atoms with E-state index in [-0.39, 0.29) is 28.3 Å². The summed E-state index contributed by atoms with van der Waals surface area (Å²) in [5.74, 6) is 0.186. The number of thioether (sulfide) groups is 1. The van der Waals surface area contributed by atoms with Gasteiger partial charge in [0, 0.05) is 23.3 Å². The van der Waals surface area contributed by atoms with Crippen LogP contribution < -0.4 is 10.1 Å². The Morgan fingerprint density at radius 1 is 1.31 bits per heavy atom. The molecule has 0 aliphatic carbocycles. The van der Waals surface area contributed by atoms with Crippen LogP contribution in [0.4, 0.5) is 13.2 Å². The van der Waals surface area contributed by atoms with Gasteiger partial charge in [0.25, 0.3) is 0 Å². The molecular weight excluding hydrogens is 412 g/mol. The first kappa shape index (κ1) is 20.7. The zero-order valence-corrected chi connectivity index (χ0v) is 15.7. The topological polar surface area (TPSA) is 51.2 Å². The minimum Gasteiger partial charge on any atom is -0.496 e. The van der Waals surface area contributed by atoms with Crippen LogP contribution in [0.5, 0.6) is 5.75 Å². The summed E-state index contributed by atoms with van der Waals surface area (Å²) in [5.41, 5.74) is -0.242. The summed E-state index contributed by atoms with van der Waals surface area (Å²) in [6.07, 6.45) is -3.84. The second-order valence-electron chi connectivity index (χ2n) is 5.03. The molecule has 0 radical (unpaired) electrons. The largest absolute Gasteiger partial charge is 0.496 e. The van der Waals surface area contributed by atoms with E-state index < -0.39 is 11.7 Å². The van der Waals surface area contributed by atoms with Crippen molar-refractivity contribution in [3.05, 3.63) is 51.6 Å². The number of nitrogens with one attached hydrogen (secondary N) is 1. The average Bonchev–Trinajstić information content (AvgIpc) is 2.58. The molecule has 2 aromatic rings. The molecule has 1 N–H and O–H groups in total. The molecule has 0 aliphatic rings. The number of carbonyl (C=O) groups is 1. The summed E-state index contributed by atoms with van der Waals surface area (Å²) in [6.45, 7) is 0.192. The third-order valence-corrected chi connectivity index (χ3v) is 4.83. The molecule has 0 unspecified atom stereocenters. The summed E-state index contributed by atoms with van der Waals surface area (Å²) in [7, 11) is 1.50. The second-order valence-corrected chi connectivity index (χ2v) is 6.84. The molecule has 1 heterocycles. The molecule has 0 spiro atoms. The summed E-state index contributed by atoms with van der Waals surface area (Å²) < 4.78 is 42.9. The Morgan fingerprint density at radius 3 is 2.65 bits per heavy atom. The summed E-state index contributed by atoms with van der Waals surface area (Å²) in [6, 6.07) is 5.80. The van der Waals surface area contributed by atoms with Gasteiger partial charge in [-0.25, -0.2) is 4.98 Å². The first-order chi connectivity index (χ1) is 12.2. The van der Waals surface area contributed by atoms with Gasteiger partial charge >= 0.3 is 6.18 Å². The van der Waals surface area contributed by atoms with Crippen LogP contribution in [0.1, 0.15) is 11.1 Å². The van der Waals surface area contributed by atoms with Crippen molar-refractivity contribution in [1.82, 2.24) is 10.3 Å². The van der Waals surface area contributed by atoms with E-state index in [4.69, 9.17) is 27.9 Å². The number of nitrogens with zero attached hydrogens (tertiary/aromatic N) is 1. The molecule has 0 bridgehead atoms. The van der Waals surface area contributed by atoms with Gasteiger partial charge < -0.3 is 10.1 Å². The van der Waals surface area contributed by atoms with Gasteiger partial charge in [-0.15, -0.1) is 0 Å². The Labute approximate surface area is 162 Å². The number of rotatable bonds is 6. The van der Waals surface area contributed by atoms with Crippen molar-refractivity contribution in [2.24, 2.45) is 0 Å². The number of carbonyl (C=O) groups excluding carboxylic acids is 1. The average molecular weight is 425 g/mol. The van der Waals surface area contributed by atoms with Crippen molar-refractivity contribution in [2.75, 3.05) is 12.9 Å². The van der Waals surface area contributed by atoms with Crippen molar-refractivity contribution in [3.63, 3.8) is 0 Å². The Morgan fingerprint density at radius 2 is 2.04 bits per heavy atom. The molecule has 2 rings (SSSR count). The van der Waals surface area contributed by atoms with Crippen molar-refractivity contribution in [1.29, 1.82) is 0 Å². The van der Waals surface area contributed by atoms with Crippen molar-refractivity contribution in [3.8, 4) is 5.75 Å². The number of hydrogen-bond donors (Lipinski definition) is 1. The molecule has 0 fully saturated rings. The normalized spacial score (nSPS) is 11.3. The fourth-order valence-corrected chi connectivity index (χ4v) is 3.17. The van der Waals surface area contributed by atoms with Crippen LogP contribution in [0.15, 0.2) is 35.5 Å². The van der Waals surface area contributed by atoms with Crippen LogP contribution in [0, 0.1) is 0 Å². The number of halogens is 5. The minimum absolute atomic E-state index is 0.0546. The highest BCUT2D eigenvalue weighted by molar-refractivity contribution is 8.00. The fraction of sp³-hybridized carbons (Fsp3) is 0.250. The monoisotopic (exact) mass is 424 g/mol. The number of hydrogen-bond acceptors (Lipinski definition) is 4. The van der Waals surface area contributed by atoms with E-state index in [9.17, 15) is 18.0 Å². The molecule has 0 atom stereocenters. The molecule has 1 aromatic heterocycles. The van der Waals surface area contributed by atoms with Crippen molar-refractivity contribution >= 4 is 40.9 Å². The summed E-state index contributed by atoms with van der Waals surface area (Å²) >= 11 is 12.7. The fourth-order valence-electron chi connectivity index (χ4n) is 1.95. The number of pyridine rings is 1. The van der Waals surface area contributed by atoms with Gasteiger partial charge in [-0.3, -0.25) is 4.79 Å².